The molecular formula is C27H49NO3. The summed E-state index contributed by atoms with van der Waals surface area (Å²) in [7, 11) is 0. The third kappa shape index (κ3) is 17.0. The lowest BCUT2D eigenvalue weighted by Crippen LogP contribution is -2.33. The van der Waals surface area contributed by atoms with E-state index in [0.717, 1.165) is 12.8 Å². The fourth-order valence-corrected chi connectivity index (χ4v) is 4.22. The van der Waals surface area contributed by atoms with Crippen LogP contribution < -0.4 is 5.32 Å². The molecule has 0 aromatic rings. The van der Waals surface area contributed by atoms with E-state index in [-0.39, 0.29) is 11.9 Å². The van der Waals surface area contributed by atoms with Crippen molar-refractivity contribution in [1.29, 1.82) is 0 Å². The van der Waals surface area contributed by atoms with Crippen molar-refractivity contribution in [3.63, 3.8) is 0 Å². The zero-order valence-electron chi connectivity index (χ0n) is 20.3. The van der Waals surface area contributed by atoms with Crippen molar-refractivity contribution in [3.8, 4) is 0 Å². The number of rotatable bonds is 21. The van der Waals surface area contributed by atoms with Gasteiger partial charge in [-0.05, 0) is 25.3 Å². The highest BCUT2D eigenvalue weighted by Gasteiger charge is 2.27. The zero-order valence-corrected chi connectivity index (χ0v) is 20.3. The third-order valence-corrected chi connectivity index (χ3v) is 6.28. The maximum atomic E-state index is 11.7. The van der Waals surface area contributed by atoms with E-state index < -0.39 is 6.04 Å². The van der Waals surface area contributed by atoms with Gasteiger partial charge in [0.2, 0.25) is 5.91 Å². The molecule has 0 spiro atoms. The SMILES string of the molecule is CCCCCCCCCCCCCCCCCCCC/C=C/OC(=O)[C@@H]1CCC(=O)N1. The Hall–Kier alpha value is -1.32. The van der Waals surface area contributed by atoms with Crippen LogP contribution in [-0.2, 0) is 14.3 Å². The standard InChI is InChI=1S/C27H49NO3/c1-2-3-4-5-6-7-8-9-10-11-12-13-14-15-16-17-18-19-20-21-24-31-27(30)25-22-23-26(29)28-25/h21,24-25H,2-20,22-23H2,1H3,(H,28,29)/b24-21+/t25-/m0/s1. The van der Waals surface area contributed by atoms with Gasteiger partial charge in [0, 0.05) is 6.42 Å². The summed E-state index contributed by atoms with van der Waals surface area (Å²) in [5.41, 5.74) is 0. The van der Waals surface area contributed by atoms with Gasteiger partial charge in [0.1, 0.15) is 6.04 Å². The molecule has 1 heterocycles. The Bertz CT molecular complexity index is 475. The lowest BCUT2D eigenvalue weighted by atomic mass is 10.0. The second-order valence-electron chi connectivity index (χ2n) is 9.27. The van der Waals surface area contributed by atoms with Crippen LogP contribution in [0.4, 0.5) is 0 Å². The van der Waals surface area contributed by atoms with Crippen LogP contribution in [0.25, 0.3) is 0 Å². The number of carbonyl (C=O) groups excluding carboxylic acids is 2. The van der Waals surface area contributed by atoms with Crippen molar-refractivity contribution in [3.05, 3.63) is 12.3 Å². The van der Waals surface area contributed by atoms with E-state index in [0.29, 0.717) is 12.8 Å². The van der Waals surface area contributed by atoms with E-state index in [1.54, 1.807) is 0 Å². The second kappa shape index (κ2) is 20.6. The first kappa shape index (κ1) is 27.7. The lowest BCUT2D eigenvalue weighted by molar-refractivity contribution is -0.141. The minimum atomic E-state index is -0.456. The molecule has 0 radical (unpaired) electrons. The molecule has 1 atom stereocenters. The number of ether oxygens (including phenoxy) is 1. The van der Waals surface area contributed by atoms with Crippen molar-refractivity contribution in [2.75, 3.05) is 0 Å². The average Bonchev–Trinajstić information content (AvgIpc) is 3.21. The van der Waals surface area contributed by atoms with Crippen molar-refractivity contribution in [1.82, 2.24) is 5.32 Å². The molecular weight excluding hydrogens is 386 g/mol. The molecule has 1 fully saturated rings. The molecule has 0 unspecified atom stereocenters. The largest absolute Gasteiger partial charge is 0.433 e. The Morgan fingerprint density at radius 2 is 1.26 bits per heavy atom. The van der Waals surface area contributed by atoms with Crippen molar-refractivity contribution in [2.24, 2.45) is 0 Å². The van der Waals surface area contributed by atoms with Gasteiger partial charge in [-0.25, -0.2) is 4.79 Å². The second-order valence-corrected chi connectivity index (χ2v) is 9.27. The number of carbonyl (C=O) groups is 2. The van der Waals surface area contributed by atoms with Crippen LogP contribution in [0.2, 0.25) is 0 Å². The van der Waals surface area contributed by atoms with Crippen molar-refractivity contribution >= 4 is 11.9 Å². The number of unbranched alkanes of at least 4 members (excludes halogenated alkanes) is 18. The molecule has 0 saturated carbocycles. The third-order valence-electron chi connectivity index (χ3n) is 6.28. The Morgan fingerprint density at radius 3 is 1.68 bits per heavy atom. The molecule has 4 nitrogen and oxygen atoms in total. The van der Waals surface area contributed by atoms with Crippen molar-refractivity contribution < 1.29 is 14.3 Å². The van der Waals surface area contributed by atoms with Gasteiger partial charge in [0.05, 0.1) is 6.26 Å². The Balaban J connectivity index is 1.72. The monoisotopic (exact) mass is 435 g/mol. The van der Waals surface area contributed by atoms with E-state index in [2.05, 4.69) is 12.2 Å². The fourth-order valence-electron chi connectivity index (χ4n) is 4.22. The summed E-state index contributed by atoms with van der Waals surface area (Å²) in [5.74, 6) is -0.412. The van der Waals surface area contributed by atoms with Crippen LogP contribution in [-0.4, -0.2) is 17.9 Å². The van der Waals surface area contributed by atoms with Crippen LogP contribution >= 0.6 is 0 Å². The minimum absolute atomic E-state index is 0.0651. The number of esters is 1. The minimum Gasteiger partial charge on any atom is -0.433 e. The molecule has 1 amide bonds. The summed E-state index contributed by atoms with van der Waals surface area (Å²) in [5, 5.41) is 2.62. The van der Waals surface area contributed by atoms with Gasteiger partial charge in [0.25, 0.3) is 0 Å². The molecule has 0 aromatic carbocycles. The van der Waals surface area contributed by atoms with Crippen LogP contribution in [0.1, 0.15) is 142 Å². The molecule has 1 rings (SSSR count). The number of amides is 1. The van der Waals surface area contributed by atoms with Crippen LogP contribution in [0.15, 0.2) is 12.3 Å². The maximum Gasteiger partial charge on any atom is 0.333 e. The summed E-state index contributed by atoms with van der Waals surface area (Å²) in [4.78, 5) is 22.8. The van der Waals surface area contributed by atoms with Gasteiger partial charge in [0.15, 0.2) is 0 Å². The predicted octanol–water partition coefficient (Wildman–Crippen LogP) is 7.75. The molecule has 0 bridgehead atoms. The van der Waals surface area contributed by atoms with Gasteiger partial charge in [-0.2, -0.15) is 0 Å². The Labute approximate surface area is 192 Å². The first-order valence-electron chi connectivity index (χ1n) is 13.4. The quantitative estimate of drug-likeness (QED) is 0.114. The predicted molar refractivity (Wildman–Crippen MR) is 130 cm³/mol. The van der Waals surface area contributed by atoms with Gasteiger partial charge >= 0.3 is 5.97 Å². The normalized spacial score (nSPS) is 16.2. The highest BCUT2D eigenvalue weighted by molar-refractivity contribution is 5.88. The van der Waals surface area contributed by atoms with Crippen LogP contribution in [0.3, 0.4) is 0 Å². The van der Waals surface area contributed by atoms with Gasteiger partial charge < -0.3 is 10.1 Å². The highest BCUT2D eigenvalue weighted by atomic mass is 16.5. The molecule has 0 aromatic heterocycles. The average molecular weight is 436 g/mol. The number of hydrogen-bond donors (Lipinski definition) is 1. The summed E-state index contributed by atoms with van der Waals surface area (Å²) in [6, 6.07) is -0.456. The van der Waals surface area contributed by atoms with Gasteiger partial charge in [-0.1, -0.05) is 116 Å². The highest BCUT2D eigenvalue weighted by Crippen LogP contribution is 2.14. The molecule has 1 aliphatic rings. The Morgan fingerprint density at radius 1 is 0.806 bits per heavy atom. The van der Waals surface area contributed by atoms with Gasteiger partial charge in [-0.15, -0.1) is 0 Å². The first-order valence-corrected chi connectivity index (χ1v) is 13.4. The maximum absolute atomic E-state index is 11.7. The van der Waals surface area contributed by atoms with Crippen molar-refractivity contribution in [2.45, 2.75) is 148 Å². The van der Waals surface area contributed by atoms with Crippen LogP contribution in [0.5, 0.6) is 0 Å². The summed E-state index contributed by atoms with van der Waals surface area (Å²) < 4.78 is 5.08. The van der Waals surface area contributed by atoms with Gasteiger partial charge in [-0.3, -0.25) is 4.79 Å². The topological polar surface area (TPSA) is 55.4 Å². The molecule has 0 aliphatic carbocycles. The molecule has 1 N–H and O–H groups in total. The van der Waals surface area contributed by atoms with E-state index >= 15 is 0 Å². The number of hydrogen-bond acceptors (Lipinski definition) is 3. The molecule has 180 valence electrons. The first-order chi connectivity index (χ1) is 15.2. The van der Waals surface area contributed by atoms with E-state index in [9.17, 15) is 9.59 Å². The zero-order chi connectivity index (χ0) is 22.4. The van der Waals surface area contributed by atoms with Crippen LogP contribution in [0, 0.1) is 0 Å². The molecule has 31 heavy (non-hydrogen) atoms. The molecule has 4 heteroatoms. The Kier molecular flexibility index (Phi) is 18.4. The smallest absolute Gasteiger partial charge is 0.333 e. The summed E-state index contributed by atoms with van der Waals surface area (Å²) in [6.45, 7) is 2.28. The summed E-state index contributed by atoms with van der Waals surface area (Å²) >= 11 is 0. The molecule has 1 saturated heterocycles. The van der Waals surface area contributed by atoms with E-state index in [1.165, 1.54) is 115 Å². The summed E-state index contributed by atoms with van der Waals surface area (Å²) in [6.07, 6.45) is 30.3. The number of allylic oxidation sites excluding steroid dienone is 1. The van der Waals surface area contributed by atoms with E-state index in [4.69, 9.17) is 4.74 Å². The number of nitrogens with one attached hydrogen (secondary N) is 1. The lowest BCUT2D eigenvalue weighted by Gasteiger charge is -2.06. The fraction of sp³-hybridized carbons (Fsp3) is 0.852. The van der Waals surface area contributed by atoms with E-state index in [1.807, 2.05) is 6.08 Å². The molecule has 1 aliphatic heterocycles.